The molecule has 1 atom stereocenters. The molecule has 0 N–H and O–H groups in total. The van der Waals surface area contributed by atoms with Crippen molar-refractivity contribution < 1.29 is 0 Å². The molecule has 3 aromatic rings. The van der Waals surface area contributed by atoms with Gasteiger partial charge in [-0.15, -0.1) is 0 Å². The molecule has 8 nitrogen and oxygen atoms in total. The van der Waals surface area contributed by atoms with E-state index in [0.29, 0.717) is 23.7 Å². The molecular formula is C19H22N6O2. The largest absolute Gasteiger partial charge is 0.332 e. The number of hydrogen-bond donors (Lipinski definition) is 0. The molecule has 0 bridgehead atoms. The van der Waals surface area contributed by atoms with Crippen LogP contribution in [0.2, 0.25) is 0 Å². The number of aryl methyl sites for hydroxylation is 2. The third-order valence-electron chi connectivity index (χ3n) is 5.19. The molecule has 8 heteroatoms. The Kier molecular flexibility index (Phi) is 3.80. The van der Waals surface area contributed by atoms with Gasteiger partial charge < -0.3 is 0 Å². The topological polar surface area (TPSA) is 77.4 Å². The van der Waals surface area contributed by atoms with Crippen LogP contribution in [0.15, 0.2) is 39.0 Å². The summed E-state index contributed by atoms with van der Waals surface area (Å²) in [6, 6.07) is 8.08. The monoisotopic (exact) mass is 366 g/mol. The minimum absolute atomic E-state index is 0.121. The van der Waals surface area contributed by atoms with E-state index >= 15 is 0 Å². The van der Waals surface area contributed by atoms with Crippen molar-refractivity contribution in [2.75, 3.05) is 5.01 Å². The molecule has 3 heterocycles. The lowest BCUT2D eigenvalue weighted by atomic mass is 10.1. The Bertz CT molecular complexity index is 1210. The van der Waals surface area contributed by atoms with Crippen LogP contribution in [-0.2, 0) is 20.6 Å². The zero-order valence-corrected chi connectivity index (χ0v) is 16.1. The van der Waals surface area contributed by atoms with Crippen molar-refractivity contribution >= 4 is 22.8 Å². The van der Waals surface area contributed by atoms with Gasteiger partial charge >= 0.3 is 5.69 Å². The SMILES string of the molecule is CC1=NN(Cc2cccc(C)c2)c2nc3c(c(=O)n(C)c(=O)n3C)n2C1C. The lowest BCUT2D eigenvalue weighted by molar-refractivity contribution is 0.634. The number of benzene rings is 1. The van der Waals surface area contributed by atoms with Crippen LogP contribution in [-0.4, -0.2) is 24.4 Å². The summed E-state index contributed by atoms with van der Waals surface area (Å²) in [6.07, 6.45) is 0. The quantitative estimate of drug-likeness (QED) is 0.692. The summed E-state index contributed by atoms with van der Waals surface area (Å²) in [5, 5.41) is 6.50. The van der Waals surface area contributed by atoms with Gasteiger partial charge in [0.1, 0.15) is 0 Å². The van der Waals surface area contributed by atoms with Crippen molar-refractivity contribution in [1.82, 2.24) is 18.7 Å². The van der Waals surface area contributed by atoms with E-state index in [-0.39, 0.29) is 11.6 Å². The number of rotatable bonds is 2. The normalized spacial score (nSPS) is 16.6. The summed E-state index contributed by atoms with van der Waals surface area (Å²) in [4.78, 5) is 29.8. The van der Waals surface area contributed by atoms with Gasteiger partial charge in [0.05, 0.1) is 18.3 Å². The first kappa shape index (κ1) is 17.3. The van der Waals surface area contributed by atoms with E-state index in [1.54, 1.807) is 12.1 Å². The summed E-state index contributed by atoms with van der Waals surface area (Å²) < 4.78 is 4.42. The Labute approximate surface area is 156 Å². The second-order valence-corrected chi connectivity index (χ2v) is 7.12. The highest BCUT2D eigenvalue weighted by Gasteiger charge is 2.30. The summed E-state index contributed by atoms with van der Waals surface area (Å²) in [7, 11) is 3.12. The second-order valence-electron chi connectivity index (χ2n) is 7.12. The predicted octanol–water partition coefficient (Wildman–Crippen LogP) is 1.70. The van der Waals surface area contributed by atoms with Crippen molar-refractivity contribution in [2.24, 2.45) is 19.2 Å². The van der Waals surface area contributed by atoms with Gasteiger partial charge in [-0.25, -0.2) is 9.80 Å². The van der Waals surface area contributed by atoms with Crippen LogP contribution >= 0.6 is 0 Å². The van der Waals surface area contributed by atoms with Crippen LogP contribution in [0.4, 0.5) is 5.95 Å². The predicted molar refractivity (Wildman–Crippen MR) is 105 cm³/mol. The average molecular weight is 366 g/mol. The van der Waals surface area contributed by atoms with Crippen LogP contribution in [0.1, 0.15) is 31.0 Å². The van der Waals surface area contributed by atoms with E-state index in [1.165, 1.54) is 17.2 Å². The summed E-state index contributed by atoms with van der Waals surface area (Å²) >= 11 is 0. The molecule has 140 valence electrons. The van der Waals surface area contributed by atoms with Gasteiger partial charge in [-0.1, -0.05) is 29.8 Å². The van der Waals surface area contributed by atoms with Gasteiger partial charge in [-0.05, 0) is 26.3 Å². The van der Waals surface area contributed by atoms with Gasteiger partial charge in [0.2, 0.25) is 5.95 Å². The zero-order valence-electron chi connectivity index (χ0n) is 16.1. The van der Waals surface area contributed by atoms with Crippen molar-refractivity contribution in [3.8, 4) is 0 Å². The van der Waals surface area contributed by atoms with Crippen LogP contribution in [0, 0.1) is 6.92 Å². The van der Waals surface area contributed by atoms with Crippen molar-refractivity contribution in [3.63, 3.8) is 0 Å². The Morgan fingerprint density at radius 3 is 2.56 bits per heavy atom. The van der Waals surface area contributed by atoms with E-state index in [4.69, 9.17) is 5.10 Å². The Balaban J connectivity index is 1.97. The number of hydrazone groups is 1. The van der Waals surface area contributed by atoms with Crippen LogP contribution in [0.5, 0.6) is 0 Å². The Morgan fingerprint density at radius 1 is 1.11 bits per heavy atom. The van der Waals surface area contributed by atoms with Gasteiger partial charge in [-0.2, -0.15) is 10.1 Å². The molecule has 4 rings (SSSR count). The first-order valence-electron chi connectivity index (χ1n) is 8.85. The van der Waals surface area contributed by atoms with Crippen molar-refractivity contribution in [3.05, 3.63) is 56.2 Å². The number of anilines is 1. The molecule has 2 aromatic heterocycles. The molecule has 1 aliphatic rings. The molecule has 0 amide bonds. The lowest BCUT2D eigenvalue weighted by Crippen LogP contribution is -2.38. The van der Waals surface area contributed by atoms with E-state index in [2.05, 4.69) is 11.1 Å². The molecule has 0 fully saturated rings. The number of nitrogens with zero attached hydrogens (tertiary/aromatic N) is 6. The molecule has 0 spiro atoms. The highest BCUT2D eigenvalue weighted by atomic mass is 16.2. The summed E-state index contributed by atoms with van der Waals surface area (Å²) in [5.74, 6) is 0.572. The number of hydrogen-bond acceptors (Lipinski definition) is 5. The molecule has 0 aliphatic carbocycles. The fourth-order valence-electron chi connectivity index (χ4n) is 3.55. The van der Waals surface area contributed by atoms with Gasteiger partial charge in [0, 0.05) is 14.1 Å². The highest BCUT2D eigenvalue weighted by molar-refractivity contribution is 5.91. The lowest BCUT2D eigenvalue weighted by Gasteiger charge is -2.29. The standard InChI is InChI=1S/C19H22N6O2/c1-11-7-6-8-14(9-11)10-24-18-20-16-15(25(18)13(3)12(2)21-24)17(26)23(5)19(27)22(16)4/h6-9,13H,10H2,1-5H3. The number of fused-ring (bicyclic) bond motifs is 3. The molecule has 1 aliphatic heterocycles. The fourth-order valence-corrected chi connectivity index (χ4v) is 3.55. The maximum atomic E-state index is 12.8. The zero-order chi connectivity index (χ0) is 19.5. The van der Waals surface area contributed by atoms with Crippen LogP contribution in [0.3, 0.4) is 0 Å². The first-order valence-corrected chi connectivity index (χ1v) is 8.85. The molecule has 0 radical (unpaired) electrons. The van der Waals surface area contributed by atoms with Crippen molar-refractivity contribution in [2.45, 2.75) is 33.4 Å². The van der Waals surface area contributed by atoms with Gasteiger partial charge in [0.15, 0.2) is 11.2 Å². The molecule has 27 heavy (non-hydrogen) atoms. The van der Waals surface area contributed by atoms with Gasteiger partial charge in [-0.3, -0.25) is 18.5 Å². The van der Waals surface area contributed by atoms with Crippen LogP contribution in [0.25, 0.3) is 11.2 Å². The van der Waals surface area contributed by atoms with Crippen molar-refractivity contribution in [1.29, 1.82) is 0 Å². The number of aromatic nitrogens is 4. The Morgan fingerprint density at radius 2 is 1.85 bits per heavy atom. The number of imidazole rings is 1. The minimum atomic E-state index is -0.390. The molecule has 0 saturated carbocycles. The molecule has 1 aromatic carbocycles. The first-order chi connectivity index (χ1) is 12.8. The fraction of sp³-hybridized carbons (Fsp3) is 0.368. The van der Waals surface area contributed by atoms with E-state index < -0.39 is 5.69 Å². The highest BCUT2D eigenvalue weighted by Crippen LogP contribution is 2.30. The molecular weight excluding hydrogens is 344 g/mol. The van der Waals surface area contributed by atoms with Crippen LogP contribution < -0.4 is 16.3 Å². The third-order valence-corrected chi connectivity index (χ3v) is 5.19. The molecule has 0 saturated heterocycles. The second kappa shape index (κ2) is 5.94. The molecule has 1 unspecified atom stereocenters. The summed E-state index contributed by atoms with van der Waals surface area (Å²) in [5.41, 5.74) is 3.22. The maximum absolute atomic E-state index is 12.8. The smallest absolute Gasteiger partial charge is 0.294 e. The van der Waals surface area contributed by atoms with Gasteiger partial charge in [0.25, 0.3) is 5.56 Å². The third kappa shape index (κ3) is 2.51. The average Bonchev–Trinajstić information content (AvgIpc) is 3.04. The minimum Gasteiger partial charge on any atom is -0.294 e. The van der Waals surface area contributed by atoms with E-state index in [0.717, 1.165) is 15.8 Å². The maximum Gasteiger partial charge on any atom is 0.332 e. The van der Waals surface area contributed by atoms with E-state index in [1.807, 2.05) is 43.5 Å². The van der Waals surface area contributed by atoms with E-state index in [9.17, 15) is 9.59 Å². The summed E-state index contributed by atoms with van der Waals surface area (Å²) in [6.45, 7) is 6.50. The Hall–Kier alpha value is -3.16.